The van der Waals surface area contributed by atoms with E-state index < -0.39 is 34.0 Å². The quantitative estimate of drug-likeness (QED) is 0.372. The smallest absolute Gasteiger partial charge is 0.251 e. The lowest BCUT2D eigenvalue weighted by atomic mass is 9.83. The first-order valence-corrected chi connectivity index (χ1v) is 12.7. The summed E-state index contributed by atoms with van der Waals surface area (Å²) in [5.41, 5.74) is 0.460. The Labute approximate surface area is 180 Å². The van der Waals surface area contributed by atoms with Gasteiger partial charge in [0.25, 0.3) is 5.91 Å². The second kappa shape index (κ2) is 12.4. The molecular weight excluding hydrogens is 404 g/mol. The Morgan fingerprint density at radius 1 is 1.13 bits per heavy atom. The topological polar surface area (TPSA) is 116 Å². The lowest BCUT2D eigenvalue weighted by molar-refractivity contribution is 0.00201. The SMILES string of the molecule is CCCCNS(=O)(=O)C[C@H](O)[C@H](O)[C@H](CC1CCCCC1)NC(=O)c1ccccc1. The van der Waals surface area contributed by atoms with Crippen molar-refractivity contribution >= 4 is 15.9 Å². The molecule has 1 aliphatic carbocycles. The maximum Gasteiger partial charge on any atom is 0.251 e. The van der Waals surface area contributed by atoms with Gasteiger partial charge in [-0.15, -0.1) is 0 Å². The number of amides is 1. The van der Waals surface area contributed by atoms with Crippen LogP contribution in [0.5, 0.6) is 0 Å². The fourth-order valence-corrected chi connectivity index (χ4v) is 5.18. The molecule has 0 aliphatic heterocycles. The van der Waals surface area contributed by atoms with Gasteiger partial charge in [-0.2, -0.15) is 0 Å². The van der Waals surface area contributed by atoms with E-state index in [2.05, 4.69) is 10.0 Å². The number of hydrogen-bond donors (Lipinski definition) is 4. The minimum absolute atomic E-state index is 0.303. The van der Waals surface area contributed by atoms with E-state index in [0.717, 1.165) is 32.1 Å². The molecule has 0 aromatic heterocycles. The third-order valence-corrected chi connectivity index (χ3v) is 7.14. The maximum atomic E-state index is 12.6. The van der Waals surface area contributed by atoms with Crippen molar-refractivity contribution in [1.29, 1.82) is 0 Å². The molecule has 1 aliphatic rings. The molecule has 1 amide bonds. The summed E-state index contributed by atoms with van der Waals surface area (Å²) in [5.74, 6) is -0.604. The number of sulfonamides is 1. The van der Waals surface area contributed by atoms with E-state index in [4.69, 9.17) is 0 Å². The minimum atomic E-state index is -3.72. The summed E-state index contributed by atoms with van der Waals surface area (Å²) in [4.78, 5) is 12.6. The van der Waals surface area contributed by atoms with Gasteiger partial charge in [0.05, 0.1) is 17.9 Å². The third kappa shape index (κ3) is 8.34. The van der Waals surface area contributed by atoms with Gasteiger partial charge >= 0.3 is 0 Å². The van der Waals surface area contributed by atoms with Crippen LogP contribution in [0.2, 0.25) is 0 Å². The van der Waals surface area contributed by atoms with Gasteiger partial charge in [0.1, 0.15) is 6.10 Å². The van der Waals surface area contributed by atoms with Gasteiger partial charge in [0.15, 0.2) is 0 Å². The van der Waals surface area contributed by atoms with Crippen molar-refractivity contribution in [2.75, 3.05) is 12.3 Å². The van der Waals surface area contributed by atoms with Gasteiger partial charge in [0, 0.05) is 12.1 Å². The number of rotatable bonds is 12. The second-order valence-corrected chi connectivity index (χ2v) is 10.1. The number of benzene rings is 1. The van der Waals surface area contributed by atoms with E-state index in [1.807, 2.05) is 13.0 Å². The predicted octanol–water partition coefficient (Wildman–Crippen LogP) is 2.20. The summed E-state index contributed by atoms with van der Waals surface area (Å²) in [7, 11) is -3.72. The largest absolute Gasteiger partial charge is 0.389 e. The first-order valence-electron chi connectivity index (χ1n) is 11.0. The second-order valence-electron chi connectivity index (χ2n) is 8.27. The van der Waals surface area contributed by atoms with Crippen molar-refractivity contribution in [3.05, 3.63) is 35.9 Å². The van der Waals surface area contributed by atoms with E-state index in [0.29, 0.717) is 30.9 Å². The molecule has 8 heteroatoms. The van der Waals surface area contributed by atoms with E-state index >= 15 is 0 Å². The van der Waals surface area contributed by atoms with Crippen LogP contribution in [0, 0.1) is 5.92 Å². The molecule has 1 saturated carbocycles. The number of unbranched alkanes of at least 4 members (excludes halogenated alkanes) is 1. The molecule has 0 heterocycles. The van der Waals surface area contributed by atoms with Crippen molar-refractivity contribution < 1.29 is 23.4 Å². The highest BCUT2D eigenvalue weighted by Gasteiger charge is 2.33. The molecule has 1 aromatic carbocycles. The molecule has 4 N–H and O–H groups in total. The molecule has 0 saturated heterocycles. The minimum Gasteiger partial charge on any atom is -0.389 e. The molecule has 2 rings (SSSR count). The Hall–Kier alpha value is -1.48. The molecule has 0 unspecified atom stereocenters. The lowest BCUT2D eigenvalue weighted by Gasteiger charge is -2.32. The van der Waals surface area contributed by atoms with E-state index in [1.165, 1.54) is 6.42 Å². The first-order chi connectivity index (χ1) is 14.3. The number of hydrogen-bond acceptors (Lipinski definition) is 5. The molecule has 30 heavy (non-hydrogen) atoms. The lowest BCUT2D eigenvalue weighted by Crippen LogP contribution is -2.52. The molecule has 0 radical (unpaired) electrons. The van der Waals surface area contributed by atoms with Crippen molar-refractivity contribution in [3.8, 4) is 0 Å². The molecule has 170 valence electrons. The van der Waals surface area contributed by atoms with Gasteiger partial charge in [0.2, 0.25) is 10.0 Å². The summed E-state index contributed by atoms with van der Waals surface area (Å²) in [6, 6.07) is 7.96. The van der Waals surface area contributed by atoms with Crippen LogP contribution in [0.1, 0.15) is 68.6 Å². The fraction of sp³-hybridized carbons (Fsp3) is 0.682. The van der Waals surface area contributed by atoms with Crippen LogP contribution in [-0.4, -0.2) is 55.1 Å². The number of aliphatic hydroxyl groups is 2. The van der Waals surface area contributed by atoms with Gasteiger partial charge < -0.3 is 15.5 Å². The summed E-state index contributed by atoms with van der Waals surface area (Å²) < 4.78 is 26.9. The highest BCUT2D eigenvalue weighted by atomic mass is 32.2. The molecule has 0 spiro atoms. The van der Waals surface area contributed by atoms with E-state index in [-0.39, 0.29) is 5.91 Å². The first kappa shape index (κ1) is 24.8. The highest BCUT2D eigenvalue weighted by Crippen LogP contribution is 2.28. The number of carbonyl (C=O) groups excluding carboxylic acids is 1. The molecule has 3 atom stereocenters. The van der Waals surface area contributed by atoms with Crippen LogP contribution >= 0.6 is 0 Å². The molecule has 1 aromatic rings. The zero-order chi connectivity index (χ0) is 22.0. The van der Waals surface area contributed by atoms with Gasteiger partial charge in [-0.3, -0.25) is 4.79 Å². The Morgan fingerprint density at radius 3 is 2.43 bits per heavy atom. The summed E-state index contributed by atoms with van der Waals surface area (Å²) >= 11 is 0. The van der Waals surface area contributed by atoms with E-state index in [1.54, 1.807) is 24.3 Å². The standard InChI is InChI=1S/C22H36N2O5S/c1-2-3-14-23-30(28,29)16-20(25)21(26)19(15-17-10-6-4-7-11-17)24-22(27)18-12-8-5-9-13-18/h5,8-9,12-13,17,19-21,23,25-26H,2-4,6-7,10-11,14-16H2,1H3,(H,24,27)/t19-,20-,21+/m0/s1. The van der Waals surface area contributed by atoms with Gasteiger partial charge in [-0.25, -0.2) is 13.1 Å². The van der Waals surface area contributed by atoms with Crippen LogP contribution in [0.3, 0.4) is 0 Å². The Bertz CT molecular complexity index is 735. The zero-order valence-corrected chi connectivity index (χ0v) is 18.6. The maximum absolute atomic E-state index is 12.6. The zero-order valence-electron chi connectivity index (χ0n) is 17.8. The Balaban J connectivity index is 2.06. The predicted molar refractivity (Wildman–Crippen MR) is 118 cm³/mol. The monoisotopic (exact) mass is 440 g/mol. The number of carbonyl (C=O) groups is 1. The summed E-state index contributed by atoms with van der Waals surface area (Å²) in [5, 5.41) is 24.1. The molecular formula is C22H36N2O5S. The van der Waals surface area contributed by atoms with Crippen LogP contribution in [-0.2, 0) is 10.0 Å². The molecule has 1 fully saturated rings. The van der Waals surface area contributed by atoms with E-state index in [9.17, 15) is 23.4 Å². The Kier molecular flexibility index (Phi) is 10.2. The average molecular weight is 441 g/mol. The van der Waals surface area contributed by atoms with Crippen LogP contribution in [0.25, 0.3) is 0 Å². The van der Waals surface area contributed by atoms with Crippen molar-refractivity contribution in [1.82, 2.24) is 10.0 Å². The van der Waals surface area contributed by atoms with Gasteiger partial charge in [-0.1, -0.05) is 63.6 Å². The number of nitrogens with one attached hydrogen (secondary N) is 2. The van der Waals surface area contributed by atoms with Gasteiger partial charge in [-0.05, 0) is 30.9 Å². The third-order valence-electron chi connectivity index (χ3n) is 5.71. The molecule has 7 nitrogen and oxygen atoms in total. The fourth-order valence-electron chi connectivity index (χ4n) is 3.96. The normalized spacial score (nSPS) is 18.5. The van der Waals surface area contributed by atoms with Crippen molar-refractivity contribution in [2.24, 2.45) is 5.92 Å². The summed E-state index contributed by atoms with van der Waals surface area (Å²) in [6.45, 7) is 2.26. The average Bonchev–Trinajstić information content (AvgIpc) is 2.73. The highest BCUT2D eigenvalue weighted by molar-refractivity contribution is 7.89. The molecule has 0 bridgehead atoms. The van der Waals surface area contributed by atoms with Crippen molar-refractivity contribution in [2.45, 2.75) is 76.5 Å². The van der Waals surface area contributed by atoms with Crippen molar-refractivity contribution in [3.63, 3.8) is 0 Å². The van der Waals surface area contributed by atoms with Crippen LogP contribution in [0.15, 0.2) is 30.3 Å². The van der Waals surface area contributed by atoms with Crippen LogP contribution in [0.4, 0.5) is 0 Å². The number of aliphatic hydroxyl groups excluding tert-OH is 2. The summed E-state index contributed by atoms with van der Waals surface area (Å²) in [6.07, 6.45) is 4.63. The van der Waals surface area contributed by atoms with Crippen LogP contribution < -0.4 is 10.0 Å². The Morgan fingerprint density at radius 2 is 1.80 bits per heavy atom.